The SMILES string of the molecule is Cc1ccc(S(=O)C2C3C=CC(C3)C2C(O)(c2ccc(C)cc2)c2ccc(C)cc2)cc1. The summed E-state index contributed by atoms with van der Waals surface area (Å²) in [7, 11) is -1.21. The Morgan fingerprint density at radius 2 is 1.16 bits per heavy atom. The molecule has 0 aromatic heterocycles. The highest BCUT2D eigenvalue weighted by Gasteiger charge is 2.57. The monoisotopic (exact) mass is 442 g/mol. The molecule has 1 fully saturated rings. The van der Waals surface area contributed by atoms with Gasteiger partial charge >= 0.3 is 0 Å². The van der Waals surface area contributed by atoms with Crippen LogP contribution in [-0.2, 0) is 16.4 Å². The lowest BCUT2D eigenvalue weighted by Crippen LogP contribution is -2.46. The van der Waals surface area contributed by atoms with E-state index in [4.69, 9.17) is 0 Å². The second-order valence-electron chi connectivity index (χ2n) is 9.55. The fourth-order valence-electron chi connectivity index (χ4n) is 5.61. The Morgan fingerprint density at radius 3 is 1.66 bits per heavy atom. The minimum absolute atomic E-state index is 0.139. The third kappa shape index (κ3) is 3.48. The summed E-state index contributed by atoms with van der Waals surface area (Å²) < 4.78 is 13.9. The van der Waals surface area contributed by atoms with E-state index in [0.29, 0.717) is 0 Å². The summed E-state index contributed by atoms with van der Waals surface area (Å²) in [6, 6.07) is 24.4. The molecule has 3 aromatic carbocycles. The molecule has 0 aliphatic heterocycles. The van der Waals surface area contributed by atoms with Gasteiger partial charge in [0.05, 0.1) is 16.0 Å². The van der Waals surface area contributed by atoms with Gasteiger partial charge in [0.25, 0.3) is 0 Å². The van der Waals surface area contributed by atoms with Crippen molar-refractivity contribution < 1.29 is 9.32 Å². The van der Waals surface area contributed by atoms with Gasteiger partial charge in [-0.05, 0) is 62.3 Å². The lowest BCUT2D eigenvalue weighted by molar-refractivity contribution is 0.00636. The smallest absolute Gasteiger partial charge is 0.119 e. The van der Waals surface area contributed by atoms with E-state index in [9.17, 15) is 9.32 Å². The number of rotatable bonds is 5. The van der Waals surface area contributed by atoms with Gasteiger partial charge < -0.3 is 5.11 Å². The largest absolute Gasteiger partial charge is 0.380 e. The molecule has 3 heteroatoms. The summed E-state index contributed by atoms with van der Waals surface area (Å²) in [6.07, 6.45) is 5.42. The van der Waals surface area contributed by atoms with Crippen molar-refractivity contribution in [1.29, 1.82) is 0 Å². The number of benzene rings is 3. The zero-order valence-corrected chi connectivity index (χ0v) is 19.7. The molecule has 0 heterocycles. The first-order valence-electron chi connectivity index (χ1n) is 11.4. The molecular formula is C29H30O2S. The fourth-order valence-corrected chi connectivity index (χ4v) is 7.52. The van der Waals surface area contributed by atoms with Crippen molar-refractivity contribution in [1.82, 2.24) is 0 Å². The quantitative estimate of drug-likeness (QED) is 0.504. The highest BCUT2D eigenvalue weighted by molar-refractivity contribution is 7.85. The van der Waals surface area contributed by atoms with Crippen LogP contribution >= 0.6 is 0 Å². The highest BCUT2D eigenvalue weighted by Crippen LogP contribution is 2.56. The summed E-state index contributed by atoms with van der Waals surface area (Å²) in [4.78, 5) is 0.849. The first-order chi connectivity index (χ1) is 15.4. The molecule has 0 radical (unpaired) electrons. The van der Waals surface area contributed by atoms with Crippen LogP contribution < -0.4 is 0 Å². The van der Waals surface area contributed by atoms with Crippen LogP contribution in [0.2, 0.25) is 0 Å². The maximum Gasteiger partial charge on any atom is 0.119 e. The Labute approximate surface area is 193 Å². The average molecular weight is 443 g/mol. The van der Waals surface area contributed by atoms with Crippen molar-refractivity contribution in [3.63, 3.8) is 0 Å². The number of hydrogen-bond acceptors (Lipinski definition) is 2. The number of aryl methyl sites for hydroxylation is 3. The Morgan fingerprint density at radius 1 is 0.719 bits per heavy atom. The molecule has 2 bridgehead atoms. The summed E-state index contributed by atoms with van der Waals surface area (Å²) >= 11 is 0. The third-order valence-electron chi connectivity index (χ3n) is 7.35. The molecule has 2 aliphatic carbocycles. The predicted octanol–water partition coefficient (Wildman–Crippen LogP) is 5.85. The summed E-state index contributed by atoms with van der Waals surface area (Å²) in [5.74, 6) is 0.256. The van der Waals surface area contributed by atoms with Gasteiger partial charge in [-0.15, -0.1) is 0 Å². The molecule has 2 nitrogen and oxygen atoms in total. The number of hydrogen-bond donors (Lipinski definition) is 1. The maximum atomic E-state index is 13.9. The van der Waals surface area contributed by atoms with Gasteiger partial charge in [0.15, 0.2) is 0 Å². The second kappa shape index (κ2) is 8.13. The van der Waals surface area contributed by atoms with Gasteiger partial charge in [-0.1, -0.05) is 89.5 Å². The van der Waals surface area contributed by atoms with Crippen molar-refractivity contribution in [2.24, 2.45) is 17.8 Å². The van der Waals surface area contributed by atoms with Gasteiger partial charge in [-0.25, -0.2) is 0 Å². The van der Waals surface area contributed by atoms with E-state index in [-0.39, 0.29) is 23.0 Å². The number of allylic oxidation sites excluding steroid dienone is 2. The summed E-state index contributed by atoms with van der Waals surface area (Å²) in [6.45, 7) is 6.16. The maximum absolute atomic E-state index is 13.9. The average Bonchev–Trinajstić information content (AvgIpc) is 3.42. The van der Waals surface area contributed by atoms with E-state index in [1.807, 2.05) is 55.5 Å². The van der Waals surface area contributed by atoms with E-state index in [0.717, 1.165) is 39.1 Å². The Kier molecular flexibility index (Phi) is 5.43. The van der Waals surface area contributed by atoms with Crippen molar-refractivity contribution in [2.75, 3.05) is 0 Å². The molecule has 5 rings (SSSR count). The molecule has 2 aliphatic rings. The fraction of sp³-hybridized carbons (Fsp3) is 0.310. The standard InChI is InChI=1S/C29H30O2S/c1-19-4-12-24(13-5-19)29(30,25-14-6-20(2)7-15-25)27-22-10-11-23(18-22)28(27)32(31)26-16-8-21(3)9-17-26/h4-17,22-23,27-28,30H,18H2,1-3H3. The van der Waals surface area contributed by atoms with E-state index in [1.54, 1.807) is 0 Å². The van der Waals surface area contributed by atoms with Crippen LogP contribution in [0.5, 0.6) is 0 Å². The molecule has 3 aromatic rings. The van der Waals surface area contributed by atoms with Crippen LogP contribution in [0.1, 0.15) is 34.2 Å². The van der Waals surface area contributed by atoms with Crippen molar-refractivity contribution >= 4 is 10.8 Å². The Hall–Kier alpha value is -2.49. The van der Waals surface area contributed by atoms with Crippen LogP contribution in [0.4, 0.5) is 0 Å². The molecule has 0 saturated heterocycles. The van der Waals surface area contributed by atoms with Crippen LogP contribution in [0.3, 0.4) is 0 Å². The molecule has 5 unspecified atom stereocenters. The molecule has 5 atom stereocenters. The summed E-state index contributed by atoms with van der Waals surface area (Å²) in [5.41, 5.74) is 4.02. The zero-order chi connectivity index (χ0) is 22.5. The summed E-state index contributed by atoms with van der Waals surface area (Å²) in [5, 5.41) is 12.5. The van der Waals surface area contributed by atoms with Crippen molar-refractivity contribution in [3.8, 4) is 0 Å². The van der Waals surface area contributed by atoms with E-state index >= 15 is 0 Å². The van der Waals surface area contributed by atoms with Crippen LogP contribution in [0, 0.1) is 38.5 Å². The normalized spacial score (nSPS) is 25.2. The molecule has 0 spiro atoms. The van der Waals surface area contributed by atoms with E-state index in [2.05, 4.69) is 50.3 Å². The first-order valence-corrected chi connectivity index (χ1v) is 12.6. The van der Waals surface area contributed by atoms with Gasteiger partial charge in [0.1, 0.15) is 5.60 Å². The lowest BCUT2D eigenvalue weighted by Gasteiger charge is -2.42. The van der Waals surface area contributed by atoms with Crippen molar-refractivity contribution in [3.05, 3.63) is 113 Å². The number of aliphatic hydroxyl groups is 1. The third-order valence-corrected chi connectivity index (χ3v) is 9.23. The van der Waals surface area contributed by atoms with Crippen molar-refractivity contribution in [2.45, 2.75) is 42.9 Å². The topological polar surface area (TPSA) is 37.3 Å². The second-order valence-corrected chi connectivity index (χ2v) is 11.2. The van der Waals surface area contributed by atoms with Gasteiger partial charge in [-0.2, -0.15) is 0 Å². The molecule has 0 amide bonds. The van der Waals surface area contributed by atoms with Gasteiger partial charge in [-0.3, -0.25) is 4.21 Å². The van der Waals surface area contributed by atoms with E-state index < -0.39 is 16.4 Å². The first kappa shape index (κ1) is 21.4. The van der Waals surface area contributed by atoms with Gasteiger partial charge in [0.2, 0.25) is 0 Å². The minimum atomic E-state index is -1.21. The highest BCUT2D eigenvalue weighted by atomic mass is 32.2. The molecule has 32 heavy (non-hydrogen) atoms. The molecular weight excluding hydrogens is 412 g/mol. The predicted molar refractivity (Wildman–Crippen MR) is 131 cm³/mol. The minimum Gasteiger partial charge on any atom is -0.380 e. The Balaban J connectivity index is 1.66. The lowest BCUT2D eigenvalue weighted by atomic mass is 9.70. The van der Waals surface area contributed by atoms with Crippen LogP contribution in [0.25, 0.3) is 0 Å². The molecule has 1 saturated carbocycles. The van der Waals surface area contributed by atoms with Crippen LogP contribution in [-0.4, -0.2) is 14.6 Å². The Bertz CT molecular complexity index is 1110. The molecule has 1 N–H and O–H groups in total. The van der Waals surface area contributed by atoms with E-state index in [1.165, 1.54) is 0 Å². The molecule has 164 valence electrons. The van der Waals surface area contributed by atoms with Crippen LogP contribution in [0.15, 0.2) is 89.8 Å². The zero-order valence-electron chi connectivity index (χ0n) is 18.9. The number of fused-ring (bicyclic) bond motifs is 2. The van der Waals surface area contributed by atoms with Gasteiger partial charge in [0, 0.05) is 10.8 Å².